The maximum atomic E-state index is 13.5. The fraction of sp³-hybridized carbons (Fsp3) is 0.529. The van der Waals surface area contributed by atoms with E-state index in [-0.39, 0.29) is 42.9 Å². The molecule has 1 aromatic rings. The Hall–Kier alpha value is -1.73. The van der Waals surface area contributed by atoms with E-state index in [1.54, 1.807) is 0 Å². The Bertz CT molecular complexity index is 601. The van der Waals surface area contributed by atoms with E-state index in [1.165, 1.54) is 0 Å². The summed E-state index contributed by atoms with van der Waals surface area (Å²) in [5.41, 5.74) is -0.206. The van der Waals surface area contributed by atoms with Crippen LogP contribution in [0.2, 0.25) is 0 Å². The van der Waals surface area contributed by atoms with Crippen LogP contribution >= 0.6 is 12.4 Å². The lowest BCUT2D eigenvalue weighted by Gasteiger charge is -2.30. The van der Waals surface area contributed by atoms with Gasteiger partial charge in [0.15, 0.2) is 0 Å². The van der Waals surface area contributed by atoms with Gasteiger partial charge in [-0.25, -0.2) is 8.78 Å². The van der Waals surface area contributed by atoms with Crippen molar-refractivity contribution < 1.29 is 18.4 Å². The van der Waals surface area contributed by atoms with Crippen LogP contribution in [0.4, 0.5) is 8.78 Å². The van der Waals surface area contributed by atoms with Gasteiger partial charge >= 0.3 is 0 Å². The molecule has 2 amide bonds. The molecule has 1 heterocycles. The third kappa shape index (κ3) is 6.59. The minimum atomic E-state index is -0.899. The molecule has 1 fully saturated rings. The number of carbonyl (C=O) groups excluding carboxylic acids is 2. The topological polar surface area (TPSA) is 70.2 Å². The summed E-state index contributed by atoms with van der Waals surface area (Å²) in [6.07, 6.45) is 1.77. The van der Waals surface area contributed by atoms with Crippen molar-refractivity contribution in [3.63, 3.8) is 0 Å². The Labute approximate surface area is 152 Å². The average Bonchev–Trinajstić information content (AvgIpc) is 2.53. The lowest BCUT2D eigenvalue weighted by Crippen LogP contribution is -2.50. The zero-order valence-electron chi connectivity index (χ0n) is 14.1. The number of piperidine rings is 1. The minimum Gasteiger partial charge on any atom is -0.352 e. The van der Waals surface area contributed by atoms with Crippen molar-refractivity contribution in [3.8, 4) is 0 Å². The SMILES string of the molecule is CC1CCNCC1NC(=O)CCCNC(=O)c1ccc(F)cc1F.Cl. The van der Waals surface area contributed by atoms with Crippen LogP contribution in [0.1, 0.15) is 36.5 Å². The van der Waals surface area contributed by atoms with Gasteiger partial charge in [0.05, 0.1) is 5.56 Å². The third-order valence-corrected chi connectivity index (χ3v) is 4.22. The van der Waals surface area contributed by atoms with E-state index < -0.39 is 17.5 Å². The molecule has 8 heteroatoms. The fourth-order valence-corrected chi connectivity index (χ4v) is 2.68. The molecule has 0 radical (unpaired) electrons. The van der Waals surface area contributed by atoms with Gasteiger partial charge < -0.3 is 16.0 Å². The Kier molecular flexibility index (Phi) is 8.78. The standard InChI is InChI=1S/C17H23F2N3O2.ClH/c1-11-6-8-20-10-15(11)22-16(23)3-2-7-21-17(24)13-5-4-12(18)9-14(13)19;/h4-5,9,11,15,20H,2-3,6-8,10H2,1H3,(H,21,24)(H,22,23);1H. The van der Waals surface area contributed by atoms with Crippen molar-refractivity contribution in [2.24, 2.45) is 5.92 Å². The predicted octanol–water partition coefficient (Wildman–Crippen LogP) is 2.01. The van der Waals surface area contributed by atoms with E-state index in [9.17, 15) is 18.4 Å². The van der Waals surface area contributed by atoms with Crippen LogP contribution < -0.4 is 16.0 Å². The Balaban J connectivity index is 0.00000312. The van der Waals surface area contributed by atoms with Crippen LogP contribution in [-0.4, -0.2) is 37.5 Å². The highest BCUT2D eigenvalue weighted by Crippen LogP contribution is 2.11. The van der Waals surface area contributed by atoms with Crippen molar-refractivity contribution in [2.75, 3.05) is 19.6 Å². The first-order valence-corrected chi connectivity index (χ1v) is 8.20. The number of hydrogen-bond acceptors (Lipinski definition) is 3. The molecule has 1 aromatic carbocycles. The number of halogens is 3. The first-order chi connectivity index (χ1) is 11.5. The number of amides is 2. The summed E-state index contributed by atoms with van der Waals surface area (Å²) in [6, 6.07) is 2.94. The second-order valence-electron chi connectivity index (χ2n) is 6.13. The van der Waals surface area contributed by atoms with Gasteiger partial charge in [0.1, 0.15) is 11.6 Å². The largest absolute Gasteiger partial charge is 0.352 e. The third-order valence-electron chi connectivity index (χ3n) is 4.22. The number of nitrogens with one attached hydrogen (secondary N) is 3. The summed E-state index contributed by atoms with van der Waals surface area (Å²) in [5.74, 6) is -1.86. The summed E-state index contributed by atoms with van der Waals surface area (Å²) in [6.45, 7) is 4.11. The van der Waals surface area contributed by atoms with Crippen LogP contribution in [0.25, 0.3) is 0 Å². The van der Waals surface area contributed by atoms with Crippen molar-refractivity contribution in [1.82, 2.24) is 16.0 Å². The van der Waals surface area contributed by atoms with Crippen LogP contribution in [0.15, 0.2) is 18.2 Å². The number of benzene rings is 1. The normalized spacial score (nSPS) is 19.6. The van der Waals surface area contributed by atoms with E-state index in [0.29, 0.717) is 18.4 Å². The molecule has 3 N–H and O–H groups in total. The molecule has 2 unspecified atom stereocenters. The van der Waals surface area contributed by atoms with E-state index in [4.69, 9.17) is 0 Å². The van der Waals surface area contributed by atoms with Crippen LogP contribution in [0.5, 0.6) is 0 Å². The van der Waals surface area contributed by atoms with Crippen molar-refractivity contribution in [3.05, 3.63) is 35.4 Å². The molecule has 1 aliphatic rings. The van der Waals surface area contributed by atoms with Crippen LogP contribution in [0.3, 0.4) is 0 Å². The summed E-state index contributed by atoms with van der Waals surface area (Å²) < 4.78 is 26.3. The molecule has 0 bridgehead atoms. The smallest absolute Gasteiger partial charge is 0.254 e. The van der Waals surface area contributed by atoms with Gasteiger partial charge in [0, 0.05) is 31.6 Å². The summed E-state index contributed by atoms with van der Waals surface area (Å²) in [7, 11) is 0. The number of hydrogen-bond donors (Lipinski definition) is 3. The maximum Gasteiger partial charge on any atom is 0.254 e. The molecule has 2 rings (SSSR count). The summed E-state index contributed by atoms with van der Waals surface area (Å²) >= 11 is 0. The van der Waals surface area contributed by atoms with Gasteiger partial charge in [-0.15, -0.1) is 12.4 Å². The second kappa shape index (κ2) is 10.3. The number of carbonyl (C=O) groups is 2. The molecule has 140 valence electrons. The first-order valence-electron chi connectivity index (χ1n) is 8.20. The van der Waals surface area contributed by atoms with E-state index in [2.05, 4.69) is 22.9 Å². The Morgan fingerprint density at radius 1 is 1.32 bits per heavy atom. The molecule has 5 nitrogen and oxygen atoms in total. The Morgan fingerprint density at radius 3 is 2.76 bits per heavy atom. The van der Waals surface area contributed by atoms with Gasteiger partial charge in [-0.3, -0.25) is 9.59 Å². The zero-order chi connectivity index (χ0) is 17.5. The summed E-state index contributed by atoms with van der Waals surface area (Å²) in [4.78, 5) is 23.7. The van der Waals surface area contributed by atoms with Gasteiger partial charge in [0.2, 0.25) is 5.91 Å². The van der Waals surface area contributed by atoms with Gasteiger partial charge in [0.25, 0.3) is 5.91 Å². The molecule has 25 heavy (non-hydrogen) atoms. The van der Waals surface area contributed by atoms with Gasteiger partial charge in [-0.1, -0.05) is 6.92 Å². The van der Waals surface area contributed by atoms with Crippen molar-refractivity contribution >= 4 is 24.2 Å². The minimum absolute atomic E-state index is 0. The molecule has 1 saturated heterocycles. The molecule has 0 spiro atoms. The average molecular weight is 376 g/mol. The van der Waals surface area contributed by atoms with E-state index >= 15 is 0 Å². The monoisotopic (exact) mass is 375 g/mol. The second-order valence-corrected chi connectivity index (χ2v) is 6.13. The fourth-order valence-electron chi connectivity index (χ4n) is 2.68. The number of rotatable bonds is 6. The maximum absolute atomic E-state index is 13.5. The van der Waals surface area contributed by atoms with Gasteiger partial charge in [-0.2, -0.15) is 0 Å². The first kappa shape index (κ1) is 21.3. The predicted molar refractivity (Wildman–Crippen MR) is 93.8 cm³/mol. The lowest BCUT2D eigenvalue weighted by atomic mass is 9.95. The van der Waals surface area contributed by atoms with Crippen molar-refractivity contribution in [2.45, 2.75) is 32.2 Å². The lowest BCUT2D eigenvalue weighted by molar-refractivity contribution is -0.122. The quantitative estimate of drug-likeness (QED) is 0.666. The van der Waals surface area contributed by atoms with Crippen LogP contribution in [-0.2, 0) is 4.79 Å². The molecule has 1 aliphatic heterocycles. The molecule has 0 aliphatic carbocycles. The molecular formula is C17H24ClF2N3O2. The summed E-state index contributed by atoms with van der Waals surface area (Å²) in [5, 5.41) is 8.77. The zero-order valence-corrected chi connectivity index (χ0v) is 14.9. The highest BCUT2D eigenvalue weighted by molar-refractivity contribution is 5.94. The molecular weight excluding hydrogens is 352 g/mol. The van der Waals surface area contributed by atoms with E-state index in [1.807, 2.05) is 0 Å². The van der Waals surface area contributed by atoms with E-state index in [0.717, 1.165) is 31.6 Å². The van der Waals surface area contributed by atoms with Crippen LogP contribution in [0, 0.1) is 17.6 Å². The highest BCUT2D eigenvalue weighted by Gasteiger charge is 2.22. The van der Waals surface area contributed by atoms with Crippen molar-refractivity contribution in [1.29, 1.82) is 0 Å². The molecule has 0 aromatic heterocycles. The molecule has 0 saturated carbocycles. The highest BCUT2D eigenvalue weighted by atomic mass is 35.5. The van der Waals surface area contributed by atoms with Gasteiger partial charge in [-0.05, 0) is 37.4 Å². The molecule has 2 atom stereocenters. The Morgan fingerprint density at radius 2 is 2.08 bits per heavy atom.